The van der Waals surface area contributed by atoms with E-state index in [1.54, 1.807) is 0 Å². The third-order valence-electron chi connectivity index (χ3n) is 5.62. The van der Waals surface area contributed by atoms with E-state index < -0.39 is 0 Å². The molecule has 4 nitrogen and oxygen atoms in total. The Labute approximate surface area is 121 Å². The lowest BCUT2D eigenvalue weighted by Crippen LogP contribution is -2.55. The Kier molecular flexibility index (Phi) is 3.99. The van der Waals surface area contributed by atoms with Crippen LogP contribution in [0, 0.1) is 17.8 Å². The van der Waals surface area contributed by atoms with Crippen molar-refractivity contribution in [1.82, 2.24) is 10.2 Å². The molecule has 0 aromatic carbocycles. The van der Waals surface area contributed by atoms with Crippen LogP contribution in [0.3, 0.4) is 0 Å². The minimum absolute atomic E-state index is 0.0418. The Balaban J connectivity index is 1.71. The summed E-state index contributed by atoms with van der Waals surface area (Å²) in [5.41, 5.74) is 0. The van der Waals surface area contributed by atoms with Crippen LogP contribution < -0.4 is 5.32 Å². The van der Waals surface area contributed by atoms with E-state index in [4.69, 9.17) is 0 Å². The number of hydrogen-bond acceptors (Lipinski definition) is 2. The molecule has 0 aromatic heterocycles. The summed E-state index contributed by atoms with van der Waals surface area (Å²) in [5.74, 6) is 1.67. The zero-order chi connectivity index (χ0) is 14.1. The molecule has 3 rings (SSSR count). The molecule has 1 saturated carbocycles. The topological polar surface area (TPSA) is 49.4 Å². The summed E-state index contributed by atoms with van der Waals surface area (Å²) in [5, 5.41) is 2.82. The average molecular weight is 278 g/mol. The van der Waals surface area contributed by atoms with Gasteiger partial charge in [0.15, 0.2) is 0 Å². The van der Waals surface area contributed by atoms with E-state index in [0.29, 0.717) is 24.9 Å². The molecule has 2 amide bonds. The lowest BCUT2D eigenvalue weighted by Gasteiger charge is -2.48. The van der Waals surface area contributed by atoms with E-state index in [0.717, 1.165) is 25.3 Å². The maximum absolute atomic E-state index is 12.8. The van der Waals surface area contributed by atoms with Crippen molar-refractivity contribution in [2.24, 2.45) is 17.8 Å². The number of piperidine rings is 2. The molecule has 0 unspecified atom stereocenters. The Bertz CT molecular complexity index is 396. The molecule has 0 spiro atoms. The van der Waals surface area contributed by atoms with Crippen LogP contribution >= 0.6 is 0 Å². The fourth-order valence-electron chi connectivity index (χ4n) is 4.42. The highest BCUT2D eigenvalue weighted by atomic mass is 16.2. The van der Waals surface area contributed by atoms with Crippen molar-refractivity contribution in [3.63, 3.8) is 0 Å². The van der Waals surface area contributed by atoms with Gasteiger partial charge >= 0.3 is 0 Å². The summed E-state index contributed by atoms with van der Waals surface area (Å²) in [6.45, 7) is 3.91. The second kappa shape index (κ2) is 5.74. The van der Waals surface area contributed by atoms with Crippen molar-refractivity contribution < 1.29 is 9.59 Å². The first-order valence-electron chi connectivity index (χ1n) is 8.24. The number of likely N-dealkylation sites (tertiary alicyclic amines) is 1. The molecular formula is C16H26N2O2. The second-order valence-electron chi connectivity index (χ2n) is 6.85. The van der Waals surface area contributed by atoms with Crippen molar-refractivity contribution in [1.29, 1.82) is 0 Å². The van der Waals surface area contributed by atoms with Crippen molar-refractivity contribution in [3.8, 4) is 0 Å². The highest BCUT2D eigenvalue weighted by Crippen LogP contribution is 2.39. The van der Waals surface area contributed by atoms with Crippen molar-refractivity contribution in [2.45, 2.75) is 57.9 Å². The van der Waals surface area contributed by atoms with Gasteiger partial charge < -0.3 is 10.2 Å². The predicted molar refractivity (Wildman–Crippen MR) is 77.0 cm³/mol. The van der Waals surface area contributed by atoms with Gasteiger partial charge in [0.05, 0.1) is 0 Å². The molecule has 0 bridgehead atoms. The summed E-state index contributed by atoms with van der Waals surface area (Å²) >= 11 is 0. The van der Waals surface area contributed by atoms with E-state index in [9.17, 15) is 9.59 Å². The normalized spacial score (nSPS) is 38.0. The van der Waals surface area contributed by atoms with E-state index >= 15 is 0 Å². The fraction of sp³-hybridized carbons (Fsp3) is 0.875. The number of carbonyl (C=O) groups excluding carboxylic acids is 2. The van der Waals surface area contributed by atoms with Crippen LogP contribution in [0.2, 0.25) is 0 Å². The van der Waals surface area contributed by atoms with Gasteiger partial charge in [-0.05, 0) is 37.5 Å². The number of hydrogen-bond donors (Lipinski definition) is 1. The quantitative estimate of drug-likeness (QED) is 0.797. The molecule has 1 aliphatic carbocycles. The van der Waals surface area contributed by atoms with Crippen LogP contribution in [-0.2, 0) is 9.59 Å². The maximum Gasteiger partial charge on any atom is 0.226 e. The standard InChI is InChI=1S/C16H26N2O2/c1-11-7-9-18(14-5-3-2-4-13(11)14)16(20)12-6-8-17-15(19)10-12/h11-14H,2-10H2,1H3,(H,17,19)/t11-,12-,13-,14-/m1/s1. The summed E-state index contributed by atoms with van der Waals surface area (Å²) in [6, 6.07) is 0.449. The first kappa shape index (κ1) is 13.9. The maximum atomic E-state index is 12.8. The Hall–Kier alpha value is -1.06. The largest absolute Gasteiger partial charge is 0.356 e. The average Bonchev–Trinajstić information content (AvgIpc) is 2.47. The van der Waals surface area contributed by atoms with Gasteiger partial charge in [-0.1, -0.05) is 19.8 Å². The molecule has 4 atom stereocenters. The number of nitrogens with one attached hydrogen (secondary N) is 1. The van der Waals surface area contributed by atoms with Crippen LogP contribution in [0.25, 0.3) is 0 Å². The highest BCUT2D eigenvalue weighted by Gasteiger charge is 2.41. The number of carbonyl (C=O) groups is 2. The van der Waals surface area contributed by atoms with Crippen molar-refractivity contribution in [3.05, 3.63) is 0 Å². The van der Waals surface area contributed by atoms with Crippen LogP contribution in [0.4, 0.5) is 0 Å². The zero-order valence-electron chi connectivity index (χ0n) is 12.4. The van der Waals surface area contributed by atoms with Gasteiger partial charge in [0.2, 0.25) is 11.8 Å². The lowest BCUT2D eigenvalue weighted by molar-refractivity contribution is -0.146. The first-order chi connectivity index (χ1) is 9.66. The minimum atomic E-state index is -0.0697. The zero-order valence-corrected chi connectivity index (χ0v) is 12.4. The van der Waals surface area contributed by atoms with Crippen LogP contribution in [-0.4, -0.2) is 35.8 Å². The SMILES string of the molecule is C[C@@H]1CCN(C(=O)[C@@H]2CCNC(=O)C2)[C@@H]2CCCC[C@H]12. The minimum Gasteiger partial charge on any atom is -0.356 e. The van der Waals surface area contributed by atoms with Gasteiger partial charge in [-0.15, -0.1) is 0 Å². The van der Waals surface area contributed by atoms with Gasteiger partial charge in [-0.3, -0.25) is 9.59 Å². The van der Waals surface area contributed by atoms with E-state index in [2.05, 4.69) is 17.1 Å². The molecule has 0 aromatic rings. The summed E-state index contributed by atoms with van der Waals surface area (Å²) in [4.78, 5) is 26.5. The van der Waals surface area contributed by atoms with Crippen molar-refractivity contribution in [2.75, 3.05) is 13.1 Å². The van der Waals surface area contributed by atoms with Gasteiger partial charge in [-0.25, -0.2) is 0 Å². The van der Waals surface area contributed by atoms with Gasteiger partial charge in [0.1, 0.15) is 0 Å². The van der Waals surface area contributed by atoms with Gasteiger partial charge in [0, 0.05) is 31.5 Å². The molecule has 2 aliphatic heterocycles. The smallest absolute Gasteiger partial charge is 0.226 e. The van der Waals surface area contributed by atoms with Crippen molar-refractivity contribution >= 4 is 11.8 Å². The second-order valence-corrected chi connectivity index (χ2v) is 6.85. The molecule has 4 heteroatoms. The number of amides is 2. The van der Waals surface area contributed by atoms with E-state index in [-0.39, 0.29) is 17.7 Å². The molecule has 3 aliphatic rings. The Morgan fingerprint density at radius 1 is 1.20 bits per heavy atom. The predicted octanol–water partition coefficient (Wildman–Crippen LogP) is 1.94. The van der Waals surface area contributed by atoms with Crippen LogP contribution in [0.1, 0.15) is 51.9 Å². The third-order valence-corrected chi connectivity index (χ3v) is 5.62. The molecule has 2 heterocycles. The highest BCUT2D eigenvalue weighted by molar-refractivity contribution is 5.87. The Morgan fingerprint density at radius 3 is 2.80 bits per heavy atom. The van der Waals surface area contributed by atoms with Crippen LogP contribution in [0.15, 0.2) is 0 Å². The summed E-state index contributed by atoms with van der Waals surface area (Å²) in [7, 11) is 0. The lowest BCUT2D eigenvalue weighted by atomic mass is 9.72. The molecule has 112 valence electrons. The number of fused-ring (bicyclic) bond motifs is 1. The Morgan fingerprint density at radius 2 is 2.00 bits per heavy atom. The molecule has 1 N–H and O–H groups in total. The van der Waals surface area contributed by atoms with Gasteiger partial charge in [0.25, 0.3) is 0 Å². The third kappa shape index (κ3) is 2.57. The van der Waals surface area contributed by atoms with E-state index in [1.165, 1.54) is 25.7 Å². The number of nitrogens with zero attached hydrogens (tertiary/aromatic N) is 1. The molecule has 0 radical (unpaired) electrons. The monoisotopic (exact) mass is 278 g/mol. The fourth-order valence-corrected chi connectivity index (χ4v) is 4.42. The van der Waals surface area contributed by atoms with Crippen LogP contribution in [0.5, 0.6) is 0 Å². The molecular weight excluding hydrogens is 252 g/mol. The first-order valence-corrected chi connectivity index (χ1v) is 8.24. The van der Waals surface area contributed by atoms with E-state index in [1.807, 2.05) is 0 Å². The summed E-state index contributed by atoms with van der Waals surface area (Å²) < 4.78 is 0. The van der Waals surface area contributed by atoms with Gasteiger partial charge in [-0.2, -0.15) is 0 Å². The molecule has 2 saturated heterocycles. The molecule has 3 fully saturated rings. The number of rotatable bonds is 1. The summed E-state index contributed by atoms with van der Waals surface area (Å²) in [6.07, 6.45) is 7.35. The molecule has 20 heavy (non-hydrogen) atoms.